The van der Waals surface area contributed by atoms with Crippen LogP contribution in [0.4, 0.5) is 0 Å². The first kappa shape index (κ1) is 18.4. The minimum atomic E-state index is -0.614. The molecule has 146 valence electrons. The van der Waals surface area contributed by atoms with Crippen LogP contribution in [0, 0.1) is 23.7 Å². The number of nitrogens with one attached hydrogen (secondary N) is 1. The van der Waals surface area contributed by atoms with Crippen LogP contribution in [0.25, 0.3) is 0 Å². The Morgan fingerprint density at radius 3 is 2.33 bits per heavy atom. The van der Waals surface area contributed by atoms with E-state index in [-0.39, 0.29) is 29.3 Å². The van der Waals surface area contributed by atoms with Crippen molar-refractivity contribution >= 4 is 23.4 Å². The van der Waals surface area contributed by atoms with Crippen LogP contribution in [0.15, 0.2) is 12.1 Å². The number of ether oxygens (including phenoxy) is 2. The Morgan fingerprint density at radius 2 is 1.78 bits per heavy atom. The van der Waals surface area contributed by atoms with Crippen molar-refractivity contribution in [1.29, 1.82) is 0 Å². The number of benzene rings is 1. The zero-order chi connectivity index (χ0) is 19.1. The van der Waals surface area contributed by atoms with Gasteiger partial charge in [-0.05, 0) is 67.9 Å². The third-order valence-electron chi connectivity index (χ3n) is 6.37. The highest BCUT2D eigenvalue weighted by Crippen LogP contribution is 2.53. The van der Waals surface area contributed by atoms with Crippen molar-refractivity contribution in [3.63, 3.8) is 0 Å². The van der Waals surface area contributed by atoms with Gasteiger partial charge < -0.3 is 20.5 Å². The minimum absolute atomic E-state index is 0.144. The number of carbonyl (C=O) groups is 2. The van der Waals surface area contributed by atoms with Crippen LogP contribution in [0.5, 0.6) is 11.5 Å². The zero-order valence-electron chi connectivity index (χ0n) is 15.4. The number of halogens is 1. The monoisotopic (exact) mass is 392 g/mol. The van der Waals surface area contributed by atoms with E-state index in [2.05, 4.69) is 5.32 Å². The summed E-state index contributed by atoms with van der Waals surface area (Å²) in [6.07, 6.45) is 6.33. The van der Waals surface area contributed by atoms with Crippen molar-refractivity contribution in [2.24, 2.45) is 29.4 Å². The lowest BCUT2D eigenvalue weighted by Crippen LogP contribution is -2.55. The Balaban J connectivity index is 1.50. The fourth-order valence-electron chi connectivity index (χ4n) is 5.53. The highest BCUT2D eigenvalue weighted by molar-refractivity contribution is 6.32. The van der Waals surface area contributed by atoms with Crippen molar-refractivity contribution in [2.45, 2.75) is 38.1 Å². The molecule has 0 saturated heterocycles. The summed E-state index contributed by atoms with van der Waals surface area (Å²) in [4.78, 5) is 23.8. The second-order valence-corrected chi connectivity index (χ2v) is 8.58. The van der Waals surface area contributed by atoms with E-state index in [4.69, 9.17) is 26.8 Å². The molecule has 4 saturated carbocycles. The molecule has 0 heterocycles. The molecule has 7 heteroatoms. The van der Waals surface area contributed by atoms with E-state index in [0.29, 0.717) is 23.1 Å². The van der Waals surface area contributed by atoms with Crippen LogP contribution in [-0.2, 0) is 4.79 Å². The molecule has 0 spiro atoms. The molecule has 0 aliphatic heterocycles. The Kier molecular flexibility index (Phi) is 4.93. The van der Waals surface area contributed by atoms with E-state index >= 15 is 0 Å². The first-order chi connectivity index (χ1) is 12.9. The smallest absolute Gasteiger partial charge is 0.255 e. The van der Waals surface area contributed by atoms with Crippen molar-refractivity contribution in [1.82, 2.24) is 5.32 Å². The Hall–Kier alpha value is -1.95. The van der Waals surface area contributed by atoms with E-state index in [0.717, 1.165) is 11.8 Å². The van der Waals surface area contributed by atoms with Gasteiger partial charge in [0.15, 0.2) is 18.1 Å². The number of nitrogens with two attached hydrogens (primary N) is 1. The molecule has 6 nitrogen and oxygen atoms in total. The van der Waals surface area contributed by atoms with Crippen LogP contribution in [0.2, 0.25) is 5.02 Å². The number of primary amides is 1. The predicted octanol–water partition coefficient (Wildman–Crippen LogP) is 2.77. The molecular weight excluding hydrogens is 368 g/mol. The number of amides is 2. The molecule has 4 aliphatic rings. The predicted molar refractivity (Wildman–Crippen MR) is 101 cm³/mol. The summed E-state index contributed by atoms with van der Waals surface area (Å²) < 4.78 is 10.6. The summed E-state index contributed by atoms with van der Waals surface area (Å²) in [5.74, 6) is 2.67. The molecule has 3 N–H and O–H groups in total. The molecule has 0 aromatic heterocycles. The molecule has 4 aliphatic carbocycles. The number of carbonyl (C=O) groups excluding carboxylic acids is 2. The number of hydrogen-bond donors (Lipinski definition) is 2. The maximum Gasteiger partial charge on any atom is 0.255 e. The van der Waals surface area contributed by atoms with Crippen molar-refractivity contribution in [2.75, 3.05) is 13.7 Å². The average molecular weight is 393 g/mol. The third kappa shape index (κ3) is 3.59. The molecule has 0 unspecified atom stereocenters. The highest BCUT2D eigenvalue weighted by atomic mass is 35.5. The normalized spacial score (nSPS) is 30.8. The van der Waals surface area contributed by atoms with E-state index in [1.807, 2.05) is 0 Å². The summed E-state index contributed by atoms with van der Waals surface area (Å²) in [5.41, 5.74) is 5.54. The summed E-state index contributed by atoms with van der Waals surface area (Å²) in [7, 11) is 1.46. The zero-order valence-corrected chi connectivity index (χ0v) is 16.1. The Labute approximate surface area is 163 Å². The quantitative estimate of drug-likeness (QED) is 0.778. The molecule has 2 amide bonds. The van der Waals surface area contributed by atoms with E-state index in [1.165, 1.54) is 39.2 Å². The van der Waals surface area contributed by atoms with Gasteiger partial charge in [-0.1, -0.05) is 11.6 Å². The summed E-state index contributed by atoms with van der Waals surface area (Å²) in [6, 6.07) is 3.39. The maximum atomic E-state index is 12.9. The molecule has 1 aromatic rings. The van der Waals surface area contributed by atoms with Crippen LogP contribution in [0.1, 0.15) is 42.5 Å². The van der Waals surface area contributed by atoms with Crippen LogP contribution >= 0.6 is 11.6 Å². The molecule has 1 aromatic carbocycles. The number of methoxy groups -OCH3 is 1. The second-order valence-electron chi connectivity index (χ2n) is 8.17. The number of rotatable bonds is 6. The van der Waals surface area contributed by atoms with Gasteiger partial charge in [0, 0.05) is 11.6 Å². The van der Waals surface area contributed by atoms with Crippen LogP contribution in [0.3, 0.4) is 0 Å². The number of hydrogen-bond acceptors (Lipinski definition) is 4. The fourth-order valence-corrected chi connectivity index (χ4v) is 5.80. The summed E-state index contributed by atoms with van der Waals surface area (Å²) in [6.45, 7) is -0.310. The van der Waals surface area contributed by atoms with Crippen LogP contribution in [-0.4, -0.2) is 31.6 Å². The fraction of sp³-hybridized carbons (Fsp3) is 0.600. The molecule has 4 bridgehead atoms. The van der Waals surface area contributed by atoms with Gasteiger partial charge in [0.25, 0.3) is 11.8 Å². The topological polar surface area (TPSA) is 90.7 Å². The molecule has 0 radical (unpaired) electrons. The first-order valence-electron chi connectivity index (χ1n) is 9.54. The van der Waals surface area contributed by atoms with Gasteiger partial charge >= 0.3 is 0 Å². The second kappa shape index (κ2) is 7.23. The molecule has 0 atom stereocenters. The van der Waals surface area contributed by atoms with Gasteiger partial charge in [0.2, 0.25) is 0 Å². The Bertz CT molecular complexity index is 739. The minimum Gasteiger partial charge on any atom is -0.493 e. The van der Waals surface area contributed by atoms with E-state index in [1.54, 1.807) is 12.1 Å². The van der Waals surface area contributed by atoms with Gasteiger partial charge in [0.1, 0.15) is 0 Å². The largest absolute Gasteiger partial charge is 0.493 e. The maximum absolute atomic E-state index is 12.9. The highest BCUT2D eigenvalue weighted by Gasteiger charge is 2.48. The van der Waals surface area contributed by atoms with Crippen molar-refractivity contribution in [3.05, 3.63) is 22.7 Å². The first-order valence-corrected chi connectivity index (χ1v) is 9.92. The lowest BCUT2D eigenvalue weighted by atomic mass is 9.54. The SMILES string of the molecule is COc1cc(C(=O)NC2C3CC4CC(C3)CC2C4)cc(Cl)c1OCC(N)=O. The standard InChI is InChI=1S/C20H25ClN2O4/c1-26-16-8-14(7-15(21)19(16)27-9-17(22)24)20(25)23-18-12-3-10-2-11(5-12)6-13(18)4-10/h7-8,10-13,18H,2-6,9H2,1H3,(H2,22,24)(H,23,25). The molecule has 4 fully saturated rings. The molecule has 27 heavy (non-hydrogen) atoms. The van der Waals surface area contributed by atoms with Crippen molar-refractivity contribution in [3.8, 4) is 11.5 Å². The summed E-state index contributed by atoms with van der Waals surface area (Å²) >= 11 is 6.27. The third-order valence-corrected chi connectivity index (χ3v) is 6.66. The van der Waals surface area contributed by atoms with Crippen LogP contribution < -0.4 is 20.5 Å². The molecular formula is C20H25ClN2O4. The van der Waals surface area contributed by atoms with Gasteiger partial charge in [-0.25, -0.2) is 0 Å². The lowest BCUT2D eigenvalue weighted by Gasteiger charge is -2.54. The average Bonchev–Trinajstić information content (AvgIpc) is 2.62. The van der Waals surface area contributed by atoms with E-state index < -0.39 is 5.91 Å². The van der Waals surface area contributed by atoms with Gasteiger partial charge in [0.05, 0.1) is 12.1 Å². The lowest BCUT2D eigenvalue weighted by molar-refractivity contribution is -0.119. The van der Waals surface area contributed by atoms with Gasteiger partial charge in [-0.3, -0.25) is 9.59 Å². The summed E-state index contributed by atoms with van der Waals surface area (Å²) in [5, 5.41) is 3.47. The Morgan fingerprint density at radius 1 is 1.15 bits per heavy atom. The van der Waals surface area contributed by atoms with Gasteiger partial charge in [-0.2, -0.15) is 0 Å². The molecule has 5 rings (SSSR count). The van der Waals surface area contributed by atoms with E-state index in [9.17, 15) is 9.59 Å². The van der Waals surface area contributed by atoms with Crippen molar-refractivity contribution < 1.29 is 19.1 Å². The van der Waals surface area contributed by atoms with Gasteiger partial charge in [-0.15, -0.1) is 0 Å².